The van der Waals surface area contributed by atoms with E-state index < -0.39 is 16.0 Å². The van der Waals surface area contributed by atoms with Crippen molar-refractivity contribution in [3.05, 3.63) is 35.4 Å². The topological polar surface area (TPSA) is 101 Å². The Labute approximate surface area is 118 Å². The maximum absolute atomic E-state index is 12.3. The van der Waals surface area contributed by atoms with Gasteiger partial charge in [0.2, 0.25) is 10.0 Å². The molecule has 1 aromatic rings. The summed E-state index contributed by atoms with van der Waals surface area (Å²) in [6.07, 6.45) is 0.799. The molecule has 3 N–H and O–H groups in total. The van der Waals surface area contributed by atoms with Crippen LogP contribution in [0.3, 0.4) is 0 Å². The first-order valence-electron chi connectivity index (χ1n) is 6.42. The molecule has 6 nitrogen and oxygen atoms in total. The fourth-order valence-corrected chi connectivity index (χ4v) is 3.91. The lowest BCUT2D eigenvalue weighted by Crippen LogP contribution is -2.31. The third kappa shape index (κ3) is 3.36. The number of sulfonamides is 1. The van der Waals surface area contributed by atoms with Crippen molar-refractivity contribution in [1.29, 1.82) is 0 Å². The summed E-state index contributed by atoms with van der Waals surface area (Å²) in [6, 6.07) is 5.91. The summed E-state index contributed by atoms with van der Waals surface area (Å²) in [5.41, 5.74) is 6.30. The lowest BCUT2D eigenvalue weighted by molar-refractivity contribution is 0.0697. The number of carboxylic acid groups (broad SMARTS) is 1. The number of rotatable bonds is 5. The van der Waals surface area contributed by atoms with Crippen LogP contribution in [0.5, 0.6) is 0 Å². The summed E-state index contributed by atoms with van der Waals surface area (Å²) >= 11 is 0. The standard InChI is InChI=1S/C13H18N2O4S/c14-7-11-5-6-15(8-11)20(18,19)9-10-1-3-12(4-2-10)13(16)17/h1-4,11H,5-9,14H2,(H,16,17). The second kappa shape index (κ2) is 5.90. The van der Waals surface area contributed by atoms with Crippen molar-refractivity contribution in [3.63, 3.8) is 0 Å². The molecule has 0 aromatic heterocycles. The van der Waals surface area contributed by atoms with Gasteiger partial charge in [0.05, 0.1) is 11.3 Å². The van der Waals surface area contributed by atoms with Gasteiger partial charge in [-0.15, -0.1) is 0 Å². The number of nitrogens with two attached hydrogens (primary N) is 1. The average molecular weight is 298 g/mol. The van der Waals surface area contributed by atoms with Crippen molar-refractivity contribution in [1.82, 2.24) is 4.31 Å². The fourth-order valence-electron chi connectivity index (χ4n) is 2.29. The highest BCUT2D eigenvalue weighted by atomic mass is 32.2. The molecule has 1 heterocycles. The number of aromatic carboxylic acids is 1. The lowest BCUT2D eigenvalue weighted by atomic mass is 10.1. The van der Waals surface area contributed by atoms with Gasteiger partial charge in [-0.25, -0.2) is 17.5 Å². The van der Waals surface area contributed by atoms with E-state index in [0.717, 1.165) is 6.42 Å². The van der Waals surface area contributed by atoms with E-state index in [1.54, 1.807) is 0 Å². The van der Waals surface area contributed by atoms with Gasteiger partial charge >= 0.3 is 5.97 Å². The number of hydrogen-bond donors (Lipinski definition) is 2. The Bertz CT molecular complexity index is 583. The van der Waals surface area contributed by atoms with Crippen LogP contribution < -0.4 is 5.73 Å². The first-order chi connectivity index (χ1) is 9.42. The highest BCUT2D eigenvalue weighted by Gasteiger charge is 2.30. The molecule has 0 saturated carbocycles. The molecule has 1 aromatic carbocycles. The van der Waals surface area contributed by atoms with Crippen LogP contribution in [0.4, 0.5) is 0 Å². The third-order valence-corrected chi connectivity index (χ3v) is 5.34. The number of benzene rings is 1. The Kier molecular flexibility index (Phi) is 4.42. The SMILES string of the molecule is NCC1CCN(S(=O)(=O)Cc2ccc(C(=O)O)cc2)C1. The molecule has 0 aliphatic carbocycles. The summed E-state index contributed by atoms with van der Waals surface area (Å²) in [7, 11) is -3.36. The van der Waals surface area contributed by atoms with Gasteiger partial charge in [-0.1, -0.05) is 12.1 Å². The lowest BCUT2D eigenvalue weighted by Gasteiger charge is -2.16. The van der Waals surface area contributed by atoms with Crippen molar-refractivity contribution in [2.75, 3.05) is 19.6 Å². The van der Waals surface area contributed by atoms with Crippen LogP contribution in [0, 0.1) is 5.92 Å². The van der Waals surface area contributed by atoms with Crippen LogP contribution in [0.25, 0.3) is 0 Å². The summed E-state index contributed by atoms with van der Waals surface area (Å²) in [4.78, 5) is 10.7. The van der Waals surface area contributed by atoms with E-state index in [9.17, 15) is 13.2 Å². The van der Waals surface area contributed by atoms with Crippen LogP contribution in [-0.4, -0.2) is 43.4 Å². The Morgan fingerprint density at radius 2 is 2.00 bits per heavy atom. The molecule has 0 spiro atoms. The van der Waals surface area contributed by atoms with E-state index in [2.05, 4.69) is 0 Å². The van der Waals surface area contributed by atoms with E-state index in [4.69, 9.17) is 10.8 Å². The maximum atomic E-state index is 12.3. The third-order valence-electron chi connectivity index (χ3n) is 3.53. The first-order valence-corrected chi connectivity index (χ1v) is 8.03. The Balaban J connectivity index is 2.06. The van der Waals surface area contributed by atoms with Gasteiger partial charge in [-0.3, -0.25) is 0 Å². The molecule has 1 saturated heterocycles. The highest BCUT2D eigenvalue weighted by molar-refractivity contribution is 7.88. The molecule has 1 aliphatic rings. The Morgan fingerprint density at radius 1 is 1.35 bits per heavy atom. The van der Waals surface area contributed by atoms with E-state index >= 15 is 0 Å². The molecule has 1 atom stereocenters. The van der Waals surface area contributed by atoms with Gasteiger partial charge in [-0.05, 0) is 36.6 Å². The minimum absolute atomic E-state index is 0.107. The van der Waals surface area contributed by atoms with Crippen LogP contribution in [-0.2, 0) is 15.8 Å². The molecular weight excluding hydrogens is 280 g/mol. The maximum Gasteiger partial charge on any atom is 0.335 e. The second-order valence-electron chi connectivity index (χ2n) is 5.01. The van der Waals surface area contributed by atoms with Gasteiger partial charge in [0.1, 0.15) is 0 Å². The predicted octanol–water partition coefficient (Wildman–Crippen LogP) is 0.495. The zero-order chi connectivity index (χ0) is 14.8. The smallest absolute Gasteiger partial charge is 0.335 e. The number of hydrogen-bond acceptors (Lipinski definition) is 4. The van der Waals surface area contributed by atoms with Crippen molar-refractivity contribution < 1.29 is 18.3 Å². The van der Waals surface area contributed by atoms with Gasteiger partial charge in [0.15, 0.2) is 0 Å². The minimum atomic E-state index is -3.36. The summed E-state index contributed by atoms with van der Waals surface area (Å²) in [5, 5.41) is 8.80. The molecule has 0 radical (unpaired) electrons. The number of nitrogens with zero attached hydrogens (tertiary/aromatic N) is 1. The molecule has 1 aliphatic heterocycles. The molecule has 0 amide bonds. The molecule has 1 unspecified atom stereocenters. The van der Waals surface area contributed by atoms with E-state index in [0.29, 0.717) is 25.2 Å². The first kappa shape index (κ1) is 15.0. The van der Waals surface area contributed by atoms with Crippen LogP contribution in [0.2, 0.25) is 0 Å². The molecule has 2 rings (SSSR count). The quantitative estimate of drug-likeness (QED) is 0.824. The summed E-state index contributed by atoms with van der Waals surface area (Å²) in [6.45, 7) is 1.49. The predicted molar refractivity (Wildman–Crippen MR) is 74.8 cm³/mol. The van der Waals surface area contributed by atoms with Crippen molar-refractivity contribution in [2.45, 2.75) is 12.2 Å². The largest absolute Gasteiger partial charge is 0.478 e. The number of carbonyl (C=O) groups is 1. The summed E-state index contributed by atoms with van der Waals surface area (Å²) in [5.74, 6) is -0.895. The van der Waals surface area contributed by atoms with Crippen molar-refractivity contribution >= 4 is 16.0 Å². The Morgan fingerprint density at radius 3 is 2.50 bits per heavy atom. The van der Waals surface area contributed by atoms with Gasteiger partial charge in [0.25, 0.3) is 0 Å². The molecule has 7 heteroatoms. The molecule has 0 bridgehead atoms. The van der Waals surface area contributed by atoms with Crippen molar-refractivity contribution in [2.24, 2.45) is 11.7 Å². The van der Waals surface area contributed by atoms with Crippen LogP contribution >= 0.6 is 0 Å². The highest BCUT2D eigenvalue weighted by Crippen LogP contribution is 2.21. The average Bonchev–Trinajstić information content (AvgIpc) is 2.88. The zero-order valence-corrected chi connectivity index (χ0v) is 11.8. The monoisotopic (exact) mass is 298 g/mol. The normalized spacial score (nSPS) is 20.1. The molecule has 20 heavy (non-hydrogen) atoms. The second-order valence-corrected chi connectivity index (χ2v) is 6.98. The van der Waals surface area contributed by atoms with Gasteiger partial charge < -0.3 is 10.8 Å². The summed E-state index contributed by atoms with van der Waals surface area (Å²) < 4.78 is 26.0. The van der Waals surface area contributed by atoms with E-state index in [1.807, 2.05) is 0 Å². The van der Waals surface area contributed by atoms with Crippen LogP contribution in [0.15, 0.2) is 24.3 Å². The molecule has 110 valence electrons. The zero-order valence-electron chi connectivity index (χ0n) is 11.0. The minimum Gasteiger partial charge on any atom is -0.478 e. The van der Waals surface area contributed by atoms with Crippen LogP contribution in [0.1, 0.15) is 22.3 Å². The van der Waals surface area contributed by atoms with E-state index in [-0.39, 0.29) is 17.2 Å². The van der Waals surface area contributed by atoms with Gasteiger partial charge in [0, 0.05) is 13.1 Å². The molecular formula is C13H18N2O4S. The molecule has 1 fully saturated rings. The fraction of sp³-hybridized carbons (Fsp3) is 0.462. The Hall–Kier alpha value is -1.44. The number of carboxylic acids is 1. The van der Waals surface area contributed by atoms with Gasteiger partial charge in [-0.2, -0.15) is 0 Å². The van der Waals surface area contributed by atoms with E-state index in [1.165, 1.54) is 28.6 Å². The van der Waals surface area contributed by atoms with Crippen molar-refractivity contribution in [3.8, 4) is 0 Å².